The van der Waals surface area contributed by atoms with E-state index in [-0.39, 0.29) is 0 Å². The molecule has 9 nitrogen and oxygen atoms in total. The van der Waals surface area contributed by atoms with Gasteiger partial charge >= 0.3 is 0 Å². The van der Waals surface area contributed by atoms with Crippen LogP contribution in [-0.2, 0) is 6.42 Å². The molecule has 2 N–H and O–H groups in total. The Labute approximate surface area is 310 Å². The first-order valence-electron chi connectivity index (χ1n) is 18.5. The average molecular weight is 718 g/mol. The smallest absolute Gasteiger partial charge is 0.119 e. The van der Waals surface area contributed by atoms with Crippen molar-refractivity contribution in [1.29, 1.82) is 0 Å². The highest BCUT2D eigenvalue weighted by Gasteiger charge is 2.22. The van der Waals surface area contributed by atoms with Gasteiger partial charge < -0.3 is 29.9 Å². The summed E-state index contributed by atoms with van der Waals surface area (Å²) in [5.41, 5.74) is 7.42. The van der Waals surface area contributed by atoms with Crippen molar-refractivity contribution in [2.45, 2.75) is 25.3 Å². The summed E-state index contributed by atoms with van der Waals surface area (Å²) in [6.07, 6.45) is 3.13. The SMILES string of the molecule is COc1ccc2nc3cc(CCN4CCC(Nc5c6ccc(Cl)cc6nc6ccc(OC)cc56)CC4)ccc3c(NCCN3CCN(C)CC3)c2c1. The number of fused-ring (bicyclic) bond motifs is 4. The molecule has 0 spiro atoms. The van der Waals surface area contributed by atoms with E-state index in [0.29, 0.717) is 11.1 Å². The van der Waals surface area contributed by atoms with Gasteiger partial charge in [0.25, 0.3) is 0 Å². The zero-order valence-corrected chi connectivity index (χ0v) is 31.2. The number of aromatic nitrogens is 2. The van der Waals surface area contributed by atoms with Gasteiger partial charge in [-0.05, 0) is 92.5 Å². The summed E-state index contributed by atoms with van der Waals surface area (Å²) in [4.78, 5) is 17.6. The van der Waals surface area contributed by atoms with Gasteiger partial charge in [-0.2, -0.15) is 0 Å². The van der Waals surface area contributed by atoms with Crippen LogP contribution in [-0.4, -0.2) is 111 Å². The van der Waals surface area contributed by atoms with E-state index >= 15 is 0 Å². The molecule has 0 bridgehead atoms. The maximum atomic E-state index is 6.37. The third kappa shape index (κ3) is 7.41. The van der Waals surface area contributed by atoms with E-state index in [4.69, 9.17) is 31.0 Å². The van der Waals surface area contributed by atoms with Crippen molar-refractivity contribution < 1.29 is 9.47 Å². The number of hydrogen-bond donors (Lipinski definition) is 2. The normalized spacial score (nSPS) is 16.6. The van der Waals surface area contributed by atoms with Crippen LogP contribution in [0.4, 0.5) is 11.4 Å². The van der Waals surface area contributed by atoms with Crippen molar-refractivity contribution >= 4 is 66.6 Å². The molecule has 0 unspecified atom stereocenters. The number of anilines is 2. The van der Waals surface area contributed by atoms with Crippen LogP contribution in [0.5, 0.6) is 11.5 Å². The first kappa shape index (κ1) is 34.7. The standard InChI is InChI=1S/C42H48ClN7O2/c1-48-20-22-50(23-21-48)19-15-44-41-33-8-4-28(24-39(33)46-37-10-6-31(51-2)26-35(37)41)12-16-49-17-13-30(14-18-49)45-42-34-9-5-29(43)25-40(34)47-38-11-7-32(52-3)27-36(38)42/h4-11,24-27,30H,12-23H2,1-3H3,(H,44,46)(H,45,47). The number of benzene rings is 4. The second kappa shape index (κ2) is 15.3. The maximum Gasteiger partial charge on any atom is 0.119 e. The number of hydrogen-bond acceptors (Lipinski definition) is 9. The van der Waals surface area contributed by atoms with Gasteiger partial charge in [-0.3, -0.25) is 4.90 Å². The molecule has 0 saturated carbocycles. The molecule has 2 aliphatic rings. The molecule has 10 heteroatoms. The summed E-state index contributed by atoms with van der Waals surface area (Å²) in [5, 5.41) is 12.8. The molecule has 2 fully saturated rings. The molecule has 270 valence electrons. The molecule has 2 saturated heterocycles. The number of nitrogens with one attached hydrogen (secondary N) is 2. The van der Waals surface area contributed by atoms with Crippen LogP contribution < -0.4 is 20.1 Å². The lowest BCUT2D eigenvalue weighted by molar-refractivity contribution is 0.158. The molecule has 52 heavy (non-hydrogen) atoms. The van der Waals surface area contributed by atoms with Crippen molar-refractivity contribution in [1.82, 2.24) is 24.7 Å². The molecule has 2 aromatic heterocycles. The molecule has 6 aromatic rings. The number of rotatable bonds is 11. The van der Waals surface area contributed by atoms with Crippen LogP contribution in [0.15, 0.2) is 72.8 Å². The van der Waals surface area contributed by atoms with Crippen molar-refractivity contribution in [2.24, 2.45) is 0 Å². The Morgan fingerprint density at radius 1 is 0.654 bits per heavy atom. The van der Waals surface area contributed by atoms with E-state index < -0.39 is 0 Å². The molecule has 8 rings (SSSR count). The largest absolute Gasteiger partial charge is 0.497 e. The van der Waals surface area contributed by atoms with E-state index in [1.165, 1.54) is 5.56 Å². The average Bonchev–Trinajstić information content (AvgIpc) is 3.17. The molecular formula is C42H48ClN7O2. The van der Waals surface area contributed by atoms with Crippen LogP contribution in [0, 0.1) is 0 Å². The number of ether oxygens (including phenoxy) is 2. The van der Waals surface area contributed by atoms with Crippen LogP contribution in [0.25, 0.3) is 43.6 Å². The lowest BCUT2D eigenvalue weighted by Crippen LogP contribution is -2.45. The zero-order valence-electron chi connectivity index (χ0n) is 30.4. The van der Waals surface area contributed by atoms with E-state index in [2.05, 4.69) is 74.8 Å². The Morgan fingerprint density at radius 2 is 1.27 bits per heavy atom. The lowest BCUT2D eigenvalue weighted by Gasteiger charge is -2.33. The van der Waals surface area contributed by atoms with Crippen molar-refractivity contribution in [3.8, 4) is 11.5 Å². The summed E-state index contributed by atoms with van der Waals surface area (Å²) >= 11 is 6.37. The van der Waals surface area contributed by atoms with Gasteiger partial charge in [-0.25, -0.2) is 9.97 Å². The number of halogens is 1. The number of methoxy groups -OCH3 is 2. The number of likely N-dealkylation sites (N-methyl/N-ethyl adjacent to an activating group) is 1. The molecule has 0 atom stereocenters. The van der Waals surface area contributed by atoms with Crippen LogP contribution in [0.2, 0.25) is 5.02 Å². The van der Waals surface area contributed by atoms with Crippen molar-refractivity contribution in [2.75, 3.05) is 90.8 Å². The molecular weight excluding hydrogens is 670 g/mol. The predicted octanol–water partition coefficient (Wildman–Crippen LogP) is 7.54. The van der Waals surface area contributed by atoms with Gasteiger partial charge in [0.2, 0.25) is 0 Å². The third-order valence-electron chi connectivity index (χ3n) is 11.0. The second-order valence-corrected chi connectivity index (χ2v) is 14.8. The van der Waals surface area contributed by atoms with Gasteiger partial charge in [0.15, 0.2) is 0 Å². The highest BCUT2D eigenvalue weighted by molar-refractivity contribution is 6.31. The Morgan fingerprint density at radius 3 is 1.96 bits per heavy atom. The van der Waals surface area contributed by atoms with Crippen molar-refractivity contribution in [3.63, 3.8) is 0 Å². The van der Waals surface area contributed by atoms with Crippen LogP contribution >= 0.6 is 11.6 Å². The Hall–Kier alpha value is -4.41. The quantitative estimate of drug-likeness (QED) is 0.132. The summed E-state index contributed by atoms with van der Waals surface area (Å²) < 4.78 is 11.2. The van der Waals surface area contributed by atoms with E-state index in [0.717, 1.165) is 145 Å². The topological polar surface area (TPSA) is 78.0 Å². The van der Waals surface area contributed by atoms with E-state index in [1.54, 1.807) is 14.2 Å². The molecule has 0 aliphatic carbocycles. The number of piperazine rings is 1. The van der Waals surface area contributed by atoms with Crippen LogP contribution in [0.3, 0.4) is 0 Å². The molecule has 0 amide bonds. The minimum absolute atomic E-state index is 0.367. The molecule has 0 radical (unpaired) electrons. The van der Waals surface area contributed by atoms with Gasteiger partial charge in [-0.15, -0.1) is 0 Å². The second-order valence-electron chi connectivity index (χ2n) is 14.3. The molecule has 4 aromatic carbocycles. The first-order chi connectivity index (χ1) is 25.4. The molecule has 4 heterocycles. The van der Waals surface area contributed by atoms with Crippen molar-refractivity contribution in [3.05, 3.63) is 83.4 Å². The highest BCUT2D eigenvalue weighted by Crippen LogP contribution is 2.36. The summed E-state index contributed by atoms with van der Waals surface area (Å²) in [5.74, 6) is 1.67. The predicted molar refractivity (Wildman–Crippen MR) is 216 cm³/mol. The van der Waals surface area contributed by atoms with Gasteiger partial charge in [0.05, 0.1) is 47.7 Å². The number of pyridine rings is 2. The number of likely N-dealkylation sites (tertiary alicyclic amines) is 1. The monoisotopic (exact) mass is 717 g/mol. The molecule has 2 aliphatic heterocycles. The Bertz CT molecular complexity index is 2210. The summed E-state index contributed by atoms with van der Waals surface area (Å²) in [6.45, 7) is 9.52. The van der Waals surface area contributed by atoms with Gasteiger partial charge in [0, 0.05) is 91.5 Å². The Kier molecular flexibility index (Phi) is 10.2. The Balaban J connectivity index is 0.944. The van der Waals surface area contributed by atoms with Crippen LogP contribution in [0.1, 0.15) is 18.4 Å². The minimum atomic E-state index is 0.367. The lowest BCUT2D eigenvalue weighted by atomic mass is 10.0. The minimum Gasteiger partial charge on any atom is -0.497 e. The van der Waals surface area contributed by atoms with Gasteiger partial charge in [0.1, 0.15) is 11.5 Å². The third-order valence-corrected chi connectivity index (χ3v) is 11.2. The number of piperidine rings is 1. The summed E-state index contributed by atoms with van der Waals surface area (Å²) in [6, 6.07) is 25.4. The maximum absolute atomic E-state index is 6.37. The fraction of sp³-hybridized carbons (Fsp3) is 0.381. The van der Waals surface area contributed by atoms with E-state index in [9.17, 15) is 0 Å². The first-order valence-corrected chi connectivity index (χ1v) is 18.9. The zero-order chi connectivity index (χ0) is 35.6. The highest BCUT2D eigenvalue weighted by atomic mass is 35.5. The summed E-state index contributed by atoms with van der Waals surface area (Å²) in [7, 11) is 5.63. The van der Waals surface area contributed by atoms with E-state index in [1.807, 2.05) is 30.3 Å². The van der Waals surface area contributed by atoms with Gasteiger partial charge in [-0.1, -0.05) is 23.7 Å². The fourth-order valence-corrected chi connectivity index (χ4v) is 7.99. The number of nitrogens with zero attached hydrogens (tertiary/aromatic N) is 5. The fourth-order valence-electron chi connectivity index (χ4n) is 7.82.